The highest BCUT2D eigenvalue weighted by atomic mass is 16.5. The fourth-order valence-corrected chi connectivity index (χ4v) is 1.82. The molecule has 2 rings (SSSR count). The van der Waals surface area contributed by atoms with Crippen molar-refractivity contribution >= 4 is 11.4 Å². The highest BCUT2D eigenvalue weighted by molar-refractivity contribution is 5.73. The summed E-state index contributed by atoms with van der Waals surface area (Å²) < 4.78 is 5.07. The number of phenolic OH excluding ortho intramolecular Hbond substituents is 1. The Kier molecular flexibility index (Phi) is 2.97. The molecule has 1 aromatic rings. The van der Waals surface area contributed by atoms with Gasteiger partial charge in [-0.1, -0.05) is 0 Å². The molecule has 0 bridgehead atoms. The number of ether oxygens (including phenoxy) is 1. The Hall–Kier alpha value is -1.42. The Balaban J connectivity index is 2.18. The van der Waals surface area contributed by atoms with Gasteiger partial charge in [-0.2, -0.15) is 0 Å². The van der Waals surface area contributed by atoms with Gasteiger partial charge in [-0.15, -0.1) is 0 Å². The number of phenols is 1. The monoisotopic (exact) mass is 208 g/mol. The first-order valence-corrected chi connectivity index (χ1v) is 5.12. The molecule has 15 heavy (non-hydrogen) atoms. The molecule has 4 heteroatoms. The highest BCUT2D eigenvalue weighted by Crippen LogP contribution is 2.31. The van der Waals surface area contributed by atoms with Crippen molar-refractivity contribution in [1.29, 1.82) is 0 Å². The second-order valence-corrected chi connectivity index (χ2v) is 3.61. The van der Waals surface area contributed by atoms with Gasteiger partial charge in [-0.05, 0) is 12.1 Å². The summed E-state index contributed by atoms with van der Waals surface area (Å²) in [6, 6.07) is 5.41. The van der Waals surface area contributed by atoms with E-state index in [1.807, 2.05) is 6.07 Å². The van der Waals surface area contributed by atoms with Gasteiger partial charge < -0.3 is 20.1 Å². The summed E-state index contributed by atoms with van der Waals surface area (Å²) in [5, 5.41) is 12.6. The third kappa shape index (κ3) is 2.15. The lowest BCUT2D eigenvalue weighted by molar-refractivity contribution is 0.205. The molecule has 0 amide bonds. The first kappa shape index (κ1) is 10.1. The van der Waals surface area contributed by atoms with Crippen LogP contribution in [0.4, 0.5) is 11.4 Å². The van der Waals surface area contributed by atoms with Crippen LogP contribution in [0.1, 0.15) is 0 Å². The van der Waals surface area contributed by atoms with E-state index in [4.69, 9.17) is 4.74 Å². The molecule has 4 nitrogen and oxygen atoms in total. The Labute approximate surface area is 89.5 Å². The molecule has 1 aliphatic heterocycles. The number of nitrogens with zero attached hydrogens (tertiary/aromatic N) is 1. The van der Waals surface area contributed by atoms with Crippen molar-refractivity contribution in [2.45, 2.75) is 0 Å². The summed E-state index contributed by atoms with van der Waals surface area (Å²) >= 11 is 0. The van der Waals surface area contributed by atoms with Gasteiger partial charge in [0.15, 0.2) is 0 Å². The zero-order valence-corrected chi connectivity index (χ0v) is 8.86. The minimum Gasteiger partial charge on any atom is -0.508 e. The largest absolute Gasteiger partial charge is 0.508 e. The Morgan fingerprint density at radius 1 is 1.53 bits per heavy atom. The molecule has 0 saturated heterocycles. The van der Waals surface area contributed by atoms with Crippen LogP contribution < -0.4 is 10.2 Å². The minimum absolute atomic E-state index is 0.301. The van der Waals surface area contributed by atoms with E-state index in [2.05, 4.69) is 10.2 Å². The smallest absolute Gasteiger partial charge is 0.117 e. The van der Waals surface area contributed by atoms with Crippen LogP contribution in [0.3, 0.4) is 0 Å². The lowest BCUT2D eigenvalue weighted by atomic mass is 10.2. The number of nitrogens with one attached hydrogen (secondary N) is 1. The first-order chi connectivity index (χ1) is 7.31. The molecule has 0 unspecified atom stereocenters. The number of hydrogen-bond donors (Lipinski definition) is 2. The van der Waals surface area contributed by atoms with Crippen molar-refractivity contribution in [3.8, 4) is 5.75 Å². The average Bonchev–Trinajstić information content (AvgIpc) is 2.25. The van der Waals surface area contributed by atoms with Gasteiger partial charge in [-0.3, -0.25) is 0 Å². The summed E-state index contributed by atoms with van der Waals surface area (Å²) in [7, 11) is 1.71. The molecule has 1 heterocycles. The second kappa shape index (κ2) is 4.40. The number of aromatic hydroxyl groups is 1. The molecule has 1 aliphatic rings. The van der Waals surface area contributed by atoms with Gasteiger partial charge in [0.1, 0.15) is 5.75 Å². The first-order valence-electron chi connectivity index (χ1n) is 5.12. The van der Waals surface area contributed by atoms with Crippen LogP contribution in [-0.2, 0) is 4.74 Å². The van der Waals surface area contributed by atoms with E-state index < -0.39 is 0 Å². The molecule has 0 aromatic heterocycles. The van der Waals surface area contributed by atoms with Crippen molar-refractivity contribution < 1.29 is 9.84 Å². The summed E-state index contributed by atoms with van der Waals surface area (Å²) in [5.74, 6) is 0.301. The van der Waals surface area contributed by atoms with Crippen molar-refractivity contribution in [2.24, 2.45) is 0 Å². The molecule has 0 atom stereocenters. The fourth-order valence-electron chi connectivity index (χ4n) is 1.82. The van der Waals surface area contributed by atoms with Crippen molar-refractivity contribution in [2.75, 3.05) is 43.6 Å². The van der Waals surface area contributed by atoms with E-state index in [1.54, 1.807) is 19.2 Å². The maximum atomic E-state index is 9.37. The molecule has 0 aliphatic carbocycles. The lowest BCUT2D eigenvalue weighted by Gasteiger charge is -2.31. The average molecular weight is 208 g/mol. The zero-order valence-electron chi connectivity index (χ0n) is 8.86. The normalized spacial score (nSPS) is 14.6. The van der Waals surface area contributed by atoms with E-state index in [9.17, 15) is 5.11 Å². The van der Waals surface area contributed by atoms with Crippen LogP contribution in [0, 0.1) is 0 Å². The summed E-state index contributed by atoms with van der Waals surface area (Å²) in [6.07, 6.45) is 0. The molecular formula is C11H16N2O2. The number of hydrogen-bond acceptors (Lipinski definition) is 4. The van der Waals surface area contributed by atoms with Gasteiger partial charge >= 0.3 is 0 Å². The predicted octanol–water partition coefficient (Wildman–Crippen LogP) is 1.27. The maximum absolute atomic E-state index is 9.37. The van der Waals surface area contributed by atoms with Gasteiger partial charge in [0.05, 0.1) is 18.0 Å². The highest BCUT2D eigenvalue weighted by Gasteiger charge is 2.15. The molecule has 0 spiro atoms. The molecule has 1 aromatic carbocycles. The summed E-state index contributed by atoms with van der Waals surface area (Å²) in [6.45, 7) is 3.48. The third-order valence-electron chi connectivity index (χ3n) is 2.58. The van der Waals surface area contributed by atoms with Crippen LogP contribution in [0.15, 0.2) is 18.2 Å². The van der Waals surface area contributed by atoms with Crippen LogP contribution in [0.25, 0.3) is 0 Å². The van der Waals surface area contributed by atoms with Crippen LogP contribution in [-0.4, -0.2) is 38.5 Å². The van der Waals surface area contributed by atoms with Crippen molar-refractivity contribution in [3.05, 3.63) is 18.2 Å². The van der Waals surface area contributed by atoms with Crippen molar-refractivity contribution in [1.82, 2.24) is 0 Å². The predicted molar refractivity (Wildman–Crippen MR) is 60.7 cm³/mol. The fraction of sp³-hybridized carbons (Fsp3) is 0.455. The standard InChI is InChI=1S/C11H16N2O2/c1-15-7-6-13-5-4-12-10-8-9(14)2-3-11(10)13/h2-3,8,12,14H,4-7H2,1H3. The van der Waals surface area contributed by atoms with Gasteiger partial charge in [-0.25, -0.2) is 0 Å². The lowest BCUT2D eigenvalue weighted by Crippen LogP contribution is -2.36. The third-order valence-corrected chi connectivity index (χ3v) is 2.58. The second-order valence-electron chi connectivity index (χ2n) is 3.61. The van der Waals surface area contributed by atoms with Crippen molar-refractivity contribution in [3.63, 3.8) is 0 Å². The number of benzene rings is 1. The van der Waals surface area contributed by atoms with E-state index in [0.717, 1.165) is 37.6 Å². The van der Waals surface area contributed by atoms with Crippen LogP contribution in [0.2, 0.25) is 0 Å². The molecule has 0 saturated carbocycles. The quantitative estimate of drug-likeness (QED) is 0.785. The SMILES string of the molecule is COCCN1CCNc2cc(O)ccc21. The molecular weight excluding hydrogens is 192 g/mol. The van der Waals surface area contributed by atoms with Gasteiger partial charge in [0, 0.05) is 32.8 Å². The van der Waals surface area contributed by atoms with Gasteiger partial charge in [0.2, 0.25) is 0 Å². The Bertz CT molecular complexity index is 341. The van der Waals surface area contributed by atoms with Crippen LogP contribution >= 0.6 is 0 Å². The molecule has 0 fully saturated rings. The minimum atomic E-state index is 0.301. The summed E-state index contributed by atoms with van der Waals surface area (Å²) in [5.41, 5.74) is 2.13. The van der Waals surface area contributed by atoms with E-state index in [1.165, 1.54) is 0 Å². The van der Waals surface area contributed by atoms with E-state index >= 15 is 0 Å². The van der Waals surface area contributed by atoms with Gasteiger partial charge in [0.25, 0.3) is 0 Å². The topological polar surface area (TPSA) is 44.7 Å². The molecule has 0 radical (unpaired) electrons. The maximum Gasteiger partial charge on any atom is 0.117 e. The number of rotatable bonds is 3. The van der Waals surface area contributed by atoms with E-state index in [-0.39, 0.29) is 0 Å². The molecule has 2 N–H and O–H groups in total. The number of methoxy groups -OCH3 is 1. The number of fused-ring (bicyclic) bond motifs is 1. The Morgan fingerprint density at radius 2 is 2.40 bits per heavy atom. The zero-order chi connectivity index (χ0) is 10.7. The van der Waals surface area contributed by atoms with Crippen LogP contribution in [0.5, 0.6) is 5.75 Å². The Morgan fingerprint density at radius 3 is 3.20 bits per heavy atom. The summed E-state index contributed by atoms with van der Waals surface area (Å²) in [4.78, 5) is 2.26. The molecule has 82 valence electrons. The number of anilines is 2. The van der Waals surface area contributed by atoms with E-state index in [0.29, 0.717) is 5.75 Å².